The third-order valence-corrected chi connectivity index (χ3v) is 3.41. The molecule has 0 saturated carbocycles. The number of hydrogen-bond donors (Lipinski definition) is 1. The third-order valence-electron chi connectivity index (χ3n) is 3.41. The van der Waals surface area contributed by atoms with E-state index in [2.05, 4.69) is 26.1 Å². The van der Waals surface area contributed by atoms with E-state index in [0.717, 1.165) is 17.7 Å². The number of carbonyl (C=O) groups is 1. The van der Waals surface area contributed by atoms with Gasteiger partial charge in [0.1, 0.15) is 17.3 Å². The van der Waals surface area contributed by atoms with Crippen molar-refractivity contribution in [3.05, 3.63) is 71.3 Å². The largest absolute Gasteiger partial charge is 0.318 e. The second-order valence-electron chi connectivity index (χ2n) is 6.29. The highest BCUT2D eigenvalue weighted by atomic mass is 19.1. The van der Waals surface area contributed by atoms with Crippen LogP contribution in [0.5, 0.6) is 0 Å². The molecule has 120 valence electrons. The Kier molecular flexibility index (Phi) is 4.94. The van der Waals surface area contributed by atoms with Gasteiger partial charge in [-0.25, -0.2) is 8.78 Å². The molecule has 1 amide bonds. The van der Waals surface area contributed by atoms with Crippen LogP contribution >= 0.6 is 0 Å². The van der Waals surface area contributed by atoms with Gasteiger partial charge in [-0.05, 0) is 34.8 Å². The standard InChI is InChI=1S/C19H19F2NO/c1-19(2,3)14-10-7-13(8-11-14)9-12-17(23)22-18-15(20)5-4-6-16(18)21/h4-12H,1-3H3,(H,22,23). The van der Waals surface area contributed by atoms with Gasteiger partial charge >= 0.3 is 0 Å². The van der Waals surface area contributed by atoms with Gasteiger partial charge in [0.25, 0.3) is 0 Å². The van der Waals surface area contributed by atoms with E-state index in [0.29, 0.717) is 0 Å². The van der Waals surface area contributed by atoms with Gasteiger partial charge in [0.05, 0.1) is 0 Å². The van der Waals surface area contributed by atoms with Gasteiger partial charge in [0.2, 0.25) is 5.91 Å². The molecule has 0 saturated heterocycles. The quantitative estimate of drug-likeness (QED) is 0.801. The lowest BCUT2D eigenvalue weighted by molar-refractivity contribution is -0.111. The Labute approximate surface area is 134 Å². The van der Waals surface area contributed by atoms with Crippen LogP contribution in [0.1, 0.15) is 31.9 Å². The van der Waals surface area contributed by atoms with Crippen molar-refractivity contribution < 1.29 is 13.6 Å². The third kappa shape index (κ3) is 4.49. The zero-order valence-corrected chi connectivity index (χ0v) is 13.4. The molecule has 0 aliphatic carbocycles. The smallest absolute Gasteiger partial charge is 0.248 e. The lowest BCUT2D eigenvalue weighted by Crippen LogP contribution is -2.11. The Hall–Kier alpha value is -2.49. The molecule has 0 fully saturated rings. The first kappa shape index (κ1) is 16.9. The number of hydrogen-bond acceptors (Lipinski definition) is 1. The van der Waals surface area contributed by atoms with Crippen molar-refractivity contribution in [3.8, 4) is 0 Å². The topological polar surface area (TPSA) is 29.1 Å². The molecule has 2 aromatic carbocycles. The van der Waals surface area contributed by atoms with Gasteiger partial charge in [-0.3, -0.25) is 4.79 Å². The van der Waals surface area contributed by atoms with Crippen LogP contribution < -0.4 is 5.32 Å². The fourth-order valence-corrected chi connectivity index (χ4v) is 2.05. The molecular weight excluding hydrogens is 296 g/mol. The van der Waals surface area contributed by atoms with Crippen LogP contribution in [0.25, 0.3) is 6.08 Å². The summed E-state index contributed by atoms with van der Waals surface area (Å²) in [6.45, 7) is 6.36. The molecule has 0 aliphatic rings. The van der Waals surface area contributed by atoms with Crippen molar-refractivity contribution in [3.63, 3.8) is 0 Å². The van der Waals surface area contributed by atoms with E-state index in [-0.39, 0.29) is 5.41 Å². The van der Waals surface area contributed by atoms with E-state index in [1.165, 1.54) is 17.7 Å². The van der Waals surface area contributed by atoms with Crippen LogP contribution in [0.2, 0.25) is 0 Å². The van der Waals surface area contributed by atoms with E-state index >= 15 is 0 Å². The first-order valence-corrected chi connectivity index (χ1v) is 7.31. The SMILES string of the molecule is CC(C)(C)c1ccc(C=CC(=O)Nc2c(F)cccc2F)cc1. The summed E-state index contributed by atoms with van der Waals surface area (Å²) in [6.07, 6.45) is 2.85. The van der Waals surface area contributed by atoms with Crippen molar-refractivity contribution in [1.29, 1.82) is 0 Å². The number of amides is 1. The molecule has 0 aliphatic heterocycles. The highest BCUT2D eigenvalue weighted by Crippen LogP contribution is 2.22. The average molecular weight is 315 g/mol. The van der Waals surface area contributed by atoms with Gasteiger partial charge in [0.15, 0.2) is 0 Å². The van der Waals surface area contributed by atoms with E-state index in [1.807, 2.05) is 24.3 Å². The van der Waals surface area contributed by atoms with Crippen LogP contribution in [0.4, 0.5) is 14.5 Å². The van der Waals surface area contributed by atoms with Crippen LogP contribution in [-0.4, -0.2) is 5.91 Å². The van der Waals surface area contributed by atoms with Gasteiger partial charge in [-0.2, -0.15) is 0 Å². The Morgan fingerprint density at radius 1 is 1.00 bits per heavy atom. The number of benzene rings is 2. The summed E-state index contributed by atoms with van der Waals surface area (Å²) >= 11 is 0. The minimum Gasteiger partial charge on any atom is -0.318 e. The van der Waals surface area contributed by atoms with Crippen molar-refractivity contribution in [2.75, 3.05) is 5.32 Å². The zero-order valence-electron chi connectivity index (χ0n) is 13.4. The predicted molar refractivity (Wildman–Crippen MR) is 89.2 cm³/mol. The highest BCUT2D eigenvalue weighted by molar-refractivity contribution is 6.02. The van der Waals surface area contributed by atoms with Crippen LogP contribution in [-0.2, 0) is 10.2 Å². The molecular formula is C19H19F2NO. The number of para-hydroxylation sites is 1. The molecule has 0 heterocycles. The Balaban J connectivity index is 2.07. The van der Waals surface area contributed by atoms with Gasteiger partial charge in [-0.15, -0.1) is 0 Å². The number of carbonyl (C=O) groups excluding carboxylic acids is 1. The number of halogens is 2. The lowest BCUT2D eigenvalue weighted by atomic mass is 9.87. The molecule has 0 spiro atoms. The second-order valence-corrected chi connectivity index (χ2v) is 6.29. The van der Waals surface area contributed by atoms with Crippen LogP contribution in [0.15, 0.2) is 48.5 Å². The van der Waals surface area contributed by atoms with Crippen LogP contribution in [0, 0.1) is 11.6 Å². The molecule has 2 rings (SSSR count). The van der Waals surface area contributed by atoms with E-state index in [9.17, 15) is 13.6 Å². The van der Waals surface area contributed by atoms with Gasteiger partial charge in [-0.1, -0.05) is 51.1 Å². The molecule has 2 nitrogen and oxygen atoms in total. The maximum atomic E-state index is 13.5. The summed E-state index contributed by atoms with van der Waals surface area (Å²) in [5.41, 5.74) is 1.64. The molecule has 2 aromatic rings. The minimum absolute atomic E-state index is 0.0575. The minimum atomic E-state index is -0.804. The van der Waals surface area contributed by atoms with Crippen molar-refractivity contribution in [2.24, 2.45) is 0 Å². The number of nitrogens with one attached hydrogen (secondary N) is 1. The fraction of sp³-hybridized carbons (Fsp3) is 0.211. The molecule has 0 radical (unpaired) electrons. The number of anilines is 1. The molecule has 0 unspecified atom stereocenters. The number of rotatable bonds is 3. The Morgan fingerprint density at radius 2 is 1.57 bits per heavy atom. The monoisotopic (exact) mass is 315 g/mol. The van der Waals surface area contributed by atoms with E-state index in [4.69, 9.17) is 0 Å². The van der Waals surface area contributed by atoms with E-state index in [1.54, 1.807) is 6.08 Å². The summed E-state index contributed by atoms with van der Waals surface area (Å²) in [5, 5.41) is 2.21. The summed E-state index contributed by atoms with van der Waals surface area (Å²) in [4.78, 5) is 11.8. The van der Waals surface area contributed by atoms with Crippen molar-refractivity contribution >= 4 is 17.7 Å². The first-order chi connectivity index (χ1) is 10.8. The van der Waals surface area contributed by atoms with Gasteiger partial charge in [0, 0.05) is 6.08 Å². The summed E-state index contributed by atoms with van der Waals surface area (Å²) in [5.74, 6) is -2.20. The Morgan fingerprint density at radius 3 is 2.09 bits per heavy atom. The molecule has 23 heavy (non-hydrogen) atoms. The summed E-state index contributed by atoms with van der Waals surface area (Å²) < 4.78 is 26.9. The predicted octanol–water partition coefficient (Wildman–Crippen LogP) is 4.91. The average Bonchev–Trinajstić information content (AvgIpc) is 2.48. The van der Waals surface area contributed by atoms with Crippen molar-refractivity contribution in [2.45, 2.75) is 26.2 Å². The first-order valence-electron chi connectivity index (χ1n) is 7.31. The molecule has 1 N–H and O–H groups in total. The van der Waals surface area contributed by atoms with E-state index < -0.39 is 23.2 Å². The normalized spacial score (nSPS) is 11.7. The maximum Gasteiger partial charge on any atom is 0.248 e. The summed E-state index contributed by atoms with van der Waals surface area (Å²) in [7, 11) is 0. The van der Waals surface area contributed by atoms with Gasteiger partial charge < -0.3 is 5.32 Å². The maximum absolute atomic E-state index is 13.5. The molecule has 0 bridgehead atoms. The Bertz CT molecular complexity index is 708. The fourth-order valence-electron chi connectivity index (χ4n) is 2.05. The van der Waals surface area contributed by atoms with Crippen molar-refractivity contribution in [1.82, 2.24) is 0 Å². The highest BCUT2D eigenvalue weighted by Gasteiger charge is 2.12. The zero-order chi connectivity index (χ0) is 17.0. The molecule has 0 aromatic heterocycles. The van der Waals surface area contributed by atoms with Crippen LogP contribution in [0.3, 0.4) is 0 Å². The molecule has 4 heteroatoms. The lowest BCUT2D eigenvalue weighted by Gasteiger charge is -2.18. The summed E-state index contributed by atoms with van der Waals surface area (Å²) in [6, 6.07) is 11.2. The molecule has 0 atom stereocenters. The second kappa shape index (κ2) is 6.73.